The van der Waals surface area contributed by atoms with Gasteiger partial charge in [-0.05, 0) is 5.56 Å². The number of likely N-dealkylation sites (N-methyl/N-ethyl adjacent to an activating group) is 1. The maximum Gasteiger partial charge on any atom is 0.407 e. The van der Waals surface area contributed by atoms with Crippen molar-refractivity contribution in [2.24, 2.45) is 0 Å². The summed E-state index contributed by atoms with van der Waals surface area (Å²) >= 11 is 0. The second-order valence-corrected chi connectivity index (χ2v) is 3.49. The number of carbonyl (C=O) groups excluding carboxylic acids is 2. The summed E-state index contributed by atoms with van der Waals surface area (Å²) in [6.07, 6.45) is -0.190. The van der Waals surface area contributed by atoms with E-state index in [1.807, 2.05) is 30.3 Å². The molecule has 0 aliphatic carbocycles. The van der Waals surface area contributed by atoms with Crippen molar-refractivity contribution in [3.63, 3.8) is 0 Å². The minimum absolute atomic E-state index is 0.251. The molecule has 0 unspecified atom stereocenters. The van der Waals surface area contributed by atoms with Gasteiger partial charge < -0.3 is 15.4 Å². The average molecular weight is 236 g/mol. The molecule has 0 heterocycles. The lowest BCUT2D eigenvalue weighted by Gasteiger charge is -2.16. The highest BCUT2D eigenvalue weighted by atomic mass is 16.5. The van der Waals surface area contributed by atoms with Crippen molar-refractivity contribution in [3.05, 3.63) is 35.9 Å². The highest BCUT2D eigenvalue weighted by Gasteiger charge is 2.20. The Kier molecular flexibility index (Phi) is 5.00. The molecule has 1 rings (SSSR count). The molecule has 92 valence electrons. The fourth-order valence-electron chi connectivity index (χ4n) is 1.43. The summed E-state index contributed by atoms with van der Waals surface area (Å²) in [5, 5.41) is 5.00. The smallest absolute Gasteiger partial charge is 0.407 e. The Balaban J connectivity index is 2.70. The number of carbonyl (C=O) groups is 2. The first kappa shape index (κ1) is 13.0. The van der Waals surface area contributed by atoms with Crippen molar-refractivity contribution < 1.29 is 14.3 Å². The van der Waals surface area contributed by atoms with E-state index >= 15 is 0 Å². The molecular formula is C12H16N2O3. The quantitative estimate of drug-likeness (QED) is 0.808. The van der Waals surface area contributed by atoms with E-state index in [0.29, 0.717) is 6.42 Å². The van der Waals surface area contributed by atoms with Crippen LogP contribution in [-0.2, 0) is 16.0 Å². The largest absolute Gasteiger partial charge is 0.453 e. The van der Waals surface area contributed by atoms with Crippen molar-refractivity contribution >= 4 is 12.0 Å². The number of hydrogen-bond donors (Lipinski definition) is 2. The zero-order valence-electron chi connectivity index (χ0n) is 9.90. The molecule has 0 spiro atoms. The molecule has 2 amide bonds. The number of nitrogens with one attached hydrogen (secondary N) is 2. The second kappa shape index (κ2) is 6.52. The van der Waals surface area contributed by atoms with Crippen LogP contribution in [0.15, 0.2) is 30.3 Å². The van der Waals surface area contributed by atoms with Crippen LogP contribution >= 0.6 is 0 Å². The molecule has 2 N–H and O–H groups in total. The van der Waals surface area contributed by atoms with E-state index < -0.39 is 12.1 Å². The van der Waals surface area contributed by atoms with Gasteiger partial charge in [0.1, 0.15) is 6.04 Å². The van der Waals surface area contributed by atoms with Crippen LogP contribution in [-0.4, -0.2) is 32.2 Å². The van der Waals surface area contributed by atoms with Gasteiger partial charge in [-0.1, -0.05) is 30.3 Å². The lowest BCUT2D eigenvalue weighted by atomic mass is 10.1. The van der Waals surface area contributed by atoms with Crippen LogP contribution in [0.25, 0.3) is 0 Å². The van der Waals surface area contributed by atoms with Crippen molar-refractivity contribution in [3.8, 4) is 0 Å². The molecule has 0 aliphatic rings. The Morgan fingerprint density at radius 3 is 2.47 bits per heavy atom. The molecule has 0 bridgehead atoms. The van der Waals surface area contributed by atoms with Crippen LogP contribution in [0, 0.1) is 0 Å². The predicted molar refractivity (Wildman–Crippen MR) is 63.5 cm³/mol. The van der Waals surface area contributed by atoms with Gasteiger partial charge in [0.05, 0.1) is 7.11 Å². The molecule has 0 aliphatic heterocycles. The molecule has 17 heavy (non-hydrogen) atoms. The molecule has 1 aromatic rings. The van der Waals surface area contributed by atoms with Crippen LogP contribution in [0.2, 0.25) is 0 Å². The van der Waals surface area contributed by atoms with E-state index in [0.717, 1.165) is 5.56 Å². The highest BCUT2D eigenvalue weighted by molar-refractivity contribution is 5.85. The Hall–Kier alpha value is -2.04. The van der Waals surface area contributed by atoms with E-state index in [-0.39, 0.29) is 5.91 Å². The maximum absolute atomic E-state index is 11.6. The van der Waals surface area contributed by atoms with Crippen LogP contribution < -0.4 is 10.6 Å². The minimum atomic E-state index is -0.630. The van der Waals surface area contributed by atoms with Gasteiger partial charge in [0.15, 0.2) is 0 Å². The van der Waals surface area contributed by atoms with Crippen molar-refractivity contribution in [1.29, 1.82) is 0 Å². The summed E-state index contributed by atoms with van der Waals surface area (Å²) < 4.78 is 4.48. The molecule has 1 atom stereocenters. The Labute approximate surface area is 100 Å². The maximum atomic E-state index is 11.6. The van der Waals surface area contributed by atoms with Gasteiger partial charge in [-0.25, -0.2) is 4.79 Å². The summed E-state index contributed by atoms with van der Waals surface area (Å²) in [6, 6.07) is 8.83. The summed E-state index contributed by atoms with van der Waals surface area (Å²) in [5.74, 6) is -0.251. The molecule has 5 nitrogen and oxygen atoms in total. The fourth-order valence-corrected chi connectivity index (χ4v) is 1.43. The normalized spacial score (nSPS) is 11.4. The standard InChI is InChI=1S/C12H16N2O3/c1-13-11(15)10(14-12(16)17-2)8-9-6-4-3-5-7-9/h3-7,10H,8H2,1-2H3,(H,13,15)(H,14,16)/t10-/m0/s1. The summed E-state index contributed by atoms with van der Waals surface area (Å²) in [6.45, 7) is 0. The third-order valence-corrected chi connectivity index (χ3v) is 2.32. The molecule has 0 fully saturated rings. The van der Waals surface area contributed by atoms with Crippen LogP contribution in [0.3, 0.4) is 0 Å². The predicted octanol–water partition coefficient (Wildman–Crippen LogP) is 0.700. The number of ether oxygens (including phenoxy) is 1. The summed E-state index contributed by atoms with van der Waals surface area (Å²) in [5.41, 5.74) is 0.970. The average Bonchev–Trinajstić information content (AvgIpc) is 2.38. The van der Waals surface area contributed by atoms with Gasteiger partial charge in [-0.2, -0.15) is 0 Å². The minimum Gasteiger partial charge on any atom is -0.453 e. The zero-order chi connectivity index (χ0) is 12.7. The molecule has 1 aromatic carbocycles. The number of alkyl carbamates (subject to hydrolysis) is 1. The molecule has 0 aromatic heterocycles. The van der Waals surface area contributed by atoms with Gasteiger partial charge in [-0.3, -0.25) is 4.79 Å². The number of methoxy groups -OCH3 is 1. The molecule has 5 heteroatoms. The fraction of sp³-hybridized carbons (Fsp3) is 0.333. The molecule has 0 saturated carbocycles. The van der Waals surface area contributed by atoms with Crippen LogP contribution in [0.4, 0.5) is 4.79 Å². The molecule has 0 saturated heterocycles. The zero-order valence-corrected chi connectivity index (χ0v) is 9.90. The SMILES string of the molecule is CNC(=O)[C@H](Cc1ccccc1)NC(=O)OC. The summed E-state index contributed by atoms with van der Waals surface area (Å²) in [7, 11) is 2.79. The number of amides is 2. The van der Waals surface area contributed by atoms with Crippen LogP contribution in [0.5, 0.6) is 0 Å². The highest BCUT2D eigenvalue weighted by Crippen LogP contribution is 2.03. The van der Waals surface area contributed by atoms with E-state index in [9.17, 15) is 9.59 Å². The van der Waals surface area contributed by atoms with Gasteiger partial charge in [0.2, 0.25) is 5.91 Å². The third-order valence-electron chi connectivity index (χ3n) is 2.32. The van der Waals surface area contributed by atoms with Crippen LogP contribution in [0.1, 0.15) is 5.56 Å². The first-order valence-corrected chi connectivity index (χ1v) is 5.27. The Morgan fingerprint density at radius 1 is 1.29 bits per heavy atom. The molecule has 0 radical (unpaired) electrons. The van der Waals surface area contributed by atoms with Gasteiger partial charge in [0.25, 0.3) is 0 Å². The van der Waals surface area contributed by atoms with E-state index in [4.69, 9.17) is 0 Å². The topological polar surface area (TPSA) is 67.4 Å². The number of benzene rings is 1. The van der Waals surface area contributed by atoms with E-state index in [1.165, 1.54) is 14.2 Å². The van der Waals surface area contributed by atoms with E-state index in [1.54, 1.807) is 0 Å². The monoisotopic (exact) mass is 236 g/mol. The third kappa shape index (κ3) is 4.14. The van der Waals surface area contributed by atoms with Crippen molar-refractivity contribution in [2.45, 2.75) is 12.5 Å². The number of rotatable bonds is 4. The van der Waals surface area contributed by atoms with Gasteiger partial charge >= 0.3 is 6.09 Å². The lowest BCUT2D eigenvalue weighted by Crippen LogP contribution is -2.47. The Bertz CT molecular complexity index is 379. The first-order chi connectivity index (χ1) is 8.17. The lowest BCUT2D eigenvalue weighted by molar-refractivity contribution is -0.122. The Morgan fingerprint density at radius 2 is 1.94 bits per heavy atom. The second-order valence-electron chi connectivity index (χ2n) is 3.49. The number of hydrogen-bond acceptors (Lipinski definition) is 3. The van der Waals surface area contributed by atoms with Gasteiger partial charge in [0, 0.05) is 13.5 Å². The van der Waals surface area contributed by atoms with E-state index in [2.05, 4.69) is 15.4 Å². The van der Waals surface area contributed by atoms with Gasteiger partial charge in [-0.15, -0.1) is 0 Å². The summed E-state index contributed by atoms with van der Waals surface area (Å²) in [4.78, 5) is 22.7. The van der Waals surface area contributed by atoms with Crippen molar-refractivity contribution in [2.75, 3.05) is 14.2 Å². The molecular weight excluding hydrogens is 220 g/mol. The van der Waals surface area contributed by atoms with Crippen molar-refractivity contribution in [1.82, 2.24) is 10.6 Å². The first-order valence-electron chi connectivity index (χ1n) is 5.27.